The predicted molar refractivity (Wildman–Crippen MR) is 236 cm³/mol. The summed E-state index contributed by atoms with van der Waals surface area (Å²) in [7, 11) is 5.40. The molecule has 0 aliphatic heterocycles. The summed E-state index contributed by atoms with van der Waals surface area (Å²) in [5, 5.41) is 11.6. The van der Waals surface area contributed by atoms with Crippen LogP contribution in [0.25, 0.3) is 0 Å². The molecule has 0 N–H and O–H groups in total. The van der Waals surface area contributed by atoms with Crippen LogP contribution in [-0.4, -0.2) is 75.5 Å². The van der Waals surface area contributed by atoms with Crippen LogP contribution in [0.4, 0.5) is 0 Å². The Balaban J connectivity index is 4.33. The highest BCUT2D eigenvalue weighted by Gasteiger charge is 2.25. The number of carboxylic acid groups (broad SMARTS) is 1. The summed E-state index contributed by atoms with van der Waals surface area (Å²) in [6, 6.07) is -0.730. The van der Waals surface area contributed by atoms with Gasteiger partial charge in [-0.25, -0.2) is 0 Å². The van der Waals surface area contributed by atoms with Crippen molar-refractivity contribution in [3.05, 3.63) is 48.6 Å². The molecule has 0 fully saturated rings. The molecule has 330 valence electrons. The minimum Gasteiger partial charge on any atom is -0.544 e. The highest BCUT2D eigenvalue weighted by atomic mass is 16.6. The molecular weight excluding hydrogens is 715 g/mol. The Hall–Kier alpha value is -2.71. The van der Waals surface area contributed by atoms with E-state index in [4.69, 9.17) is 14.2 Å². The predicted octanol–water partition coefficient (Wildman–Crippen LogP) is 11.5. The average Bonchev–Trinajstić information content (AvgIpc) is 3.17. The number of nitrogens with zero attached hydrogens (tertiary/aromatic N) is 1. The van der Waals surface area contributed by atoms with Gasteiger partial charge >= 0.3 is 11.9 Å². The minimum atomic E-state index is -1.13. The number of allylic oxidation sites excluding steroid dienone is 8. The fourth-order valence-corrected chi connectivity index (χ4v) is 6.61. The van der Waals surface area contributed by atoms with Gasteiger partial charge in [0.15, 0.2) is 6.10 Å². The van der Waals surface area contributed by atoms with Crippen molar-refractivity contribution in [2.75, 3.05) is 41.0 Å². The SMILES string of the molecule is CC/C=C/C/C=C/C/C=C/CCCCCCC(=O)OCC(COCCC(C(=O)[O-])[N+](C)(C)C)OC(=O)CCCCCCCCC/C=C/CCCCCCCCCC. The van der Waals surface area contributed by atoms with Gasteiger partial charge in [0.2, 0.25) is 0 Å². The van der Waals surface area contributed by atoms with Crippen molar-refractivity contribution in [1.29, 1.82) is 0 Å². The molecular formula is C49H87NO7. The molecule has 57 heavy (non-hydrogen) atoms. The van der Waals surface area contributed by atoms with E-state index in [1.54, 1.807) is 21.1 Å². The van der Waals surface area contributed by atoms with Crippen molar-refractivity contribution in [2.24, 2.45) is 0 Å². The molecule has 0 saturated heterocycles. The summed E-state index contributed by atoms with van der Waals surface area (Å²) in [4.78, 5) is 36.9. The fraction of sp³-hybridized carbons (Fsp3) is 0.776. The minimum absolute atomic E-state index is 0.0313. The molecule has 0 amide bonds. The molecule has 8 heteroatoms. The Morgan fingerprint density at radius 3 is 1.47 bits per heavy atom. The molecule has 0 aliphatic carbocycles. The van der Waals surface area contributed by atoms with E-state index in [1.807, 2.05) is 0 Å². The van der Waals surface area contributed by atoms with Crippen molar-refractivity contribution in [2.45, 2.75) is 206 Å². The molecule has 0 spiro atoms. The highest BCUT2D eigenvalue weighted by Crippen LogP contribution is 2.14. The van der Waals surface area contributed by atoms with Crippen LogP contribution in [0.3, 0.4) is 0 Å². The molecule has 0 bridgehead atoms. The molecule has 2 unspecified atom stereocenters. The Kier molecular flexibility index (Phi) is 38.2. The maximum absolute atomic E-state index is 12.7. The molecule has 0 aromatic rings. The number of unbranched alkanes of at least 4 members (excludes halogenated alkanes) is 19. The molecule has 0 rings (SSSR count). The largest absolute Gasteiger partial charge is 0.544 e. The van der Waals surface area contributed by atoms with Gasteiger partial charge in [-0.05, 0) is 70.6 Å². The van der Waals surface area contributed by atoms with E-state index in [1.165, 1.54) is 89.9 Å². The summed E-state index contributed by atoms with van der Waals surface area (Å²) in [5.74, 6) is -1.77. The number of ether oxygens (including phenoxy) is 3. The van der Waals surface area contributed by atoms with E-state index in [9.17, 15) is 19.5 Å². The van der Waals surface area contributed by atoms with Gasteiger partial charge in [0.05, 0.1) is 40.3 Å². The zero-order chi connectivity index (χ0) is 42.1. The van der Waals surface area contributed by atoms with Gasteiger partial charge in [-0.1, -0.05) is 152 Å². The van der Waals surface area contributed by atoms with Crippen LogP contribution >= 0.6 is 0 Å². The first-order valence-corrected chi connectivity index (χ1v) is 23.2. The molecule has 8 nitrogen and oxygen atoms in total. The first-order valence-electron chi connectivity index (χ1n) is 23.2. The van der Waals surface area contributed by atoms with E-state index in [-0.39, 0.29) is 42.7 Å². The topological polar surface area (TPSA) is 102 Å². The summed E-state index contributed by atoms with van der Waals surface area (Å²) in [6.45, 7) is 4.52. The van der Waals surface area contributed by atoms with E-state index in [0.717, 1.165) is 70.6 Å². The number of quaternary nitrogens is 1. The van der Waals surface area contributed by atoms with Crippen LogP contribution in [0.5, 0.6) is 0 Å². The Morgan fingerprint density at radius 2 is 0.982 bits per heavy atom. The molecule has 0 radical (unpaired) electrons. The number of carboxylic acids is 1. The van der Waals surface area contributed by atoms with Crippen LogP contribution < -0.4 is 5.11 Å². The molecule has 2 atom stereocenters. The second-order valence-corrected chi connectivity index (χ2v) is 16.6. The first-order chi connectivity index (χ1) is 27.6. The lowest BCUT2D eigenvalue weighted by Crippen LogP contribution is -2.55. The summed E-state index contributed by atoms with van der Waals surface area (Å²) in [5.41, 5.74) is 0. The lowest BCUT2D eigenvalue weighted by atomic mass is 10.1. The third-order valence-electron chi connectivity index (χ3n) is 10.2. The van der Waals surface area contributed by atoms with Crippen LogP contribution in [0.1, 0.15) is 194 Å². The smallest absolute Gasteiger partial charge is 0.306 e. The van der Waals surface area contributed by atoms with Gasteiger partial charge in [-0.3, -0.25) is 9.59 Å². The number of carbonyl (C=O) groups is 3. The average molecular weight is 802 g/mol. The van der Waals surface area contributed by atoms with Crippen LogP contribution in [0, 0.1) is 0 Å². The number of esters is 2. The second-order valence-electron chi connectivity index (χ2n) is 16.6. The van der Waals surface area contributed by atoms with Crippen LogP contribution in [0.2, 0.25) is 0 Å². The van der Waals surface area contributed by atoms with Gasteiger partial charge in [0.25, 0.3) is 0 Å². The maximum Gasteiger partial charge on any atom is 0.306 e. The number of aliphatic carboxylic acids is 1. The lowest BCUT2D eigenvalue weighted by molar-refractivity contribution is -0.889. The Labute approximate surface area is 350 Å². The third kappa shape index (κ3) is 38.6. The van der Waals surface area contributed by atoms with E-state index in [2.05, 4.69) is 62.5 Å². The van der Waals surface area contributed by atoms with E-state index >= 15 is 0 Å². The molecule has 0 aromatic heterocycles. The van der Waals surface area contributed by atoms with Gasteiger partial charge < -0.3 is 28.6 Å². The molecule has 0 saturated carbocycles. The van der Waals surface area contributed by atoms with Crippen molar-refractivity contribution >= 4 is 17.9 Å². The fourth-order valence-electron chi connectivity index (χ4n) is 6.61. The van der Waals surface area contributed by atoms with Crippen molar-refractivity contribution in [1.82, 2.24) is 0 Å². The van der Waals surface area contributed by atoms with Crippen molar-refractivity contribution in [3.63, 3.8) is 0 Å². The van der Waals surface area contributed by atoms with Gasteiger partial charge in [0.1, 0.15) is 12.6 Å². The van der Waals surface area contributed by atoms with Crippen LogP contribution in [0.15, 0.2) is 48.6 Å². The van der Waals surface area contributed by atoms with E-state index in [0.29, 0.717) is 12.8 Å². The van der Waals surface area contributed by atoms with Crippen molar-refractivity contribution in [3.8, 4) is 0 Å². The second kappa shape index (κ2) is 40.1. The van der Waals surface area contributed by atoms with Gasteiger partial charge in [-0.2, -0.15) is 0 Å². The summed E-state index contributed by atoms with van der Waals surface area (Å²) >= 11 is 0. The normalized spacial score (nSPS) is 13.4. The first kappa shape index (κ1) is 54.3. The zero-order valence-electron chi connectivity index (χ0n) is 37.5. The summed E-state index contributed by atoms with van der Waals surface area (Å²) in [6.07, 6.45) is 47.1. The number of likely N-dealkylation sites (N-methyl/N-ethyl adjacent to an activating group) is 1. The zero-order valence-corrected chi connectivity index (χ0v) is 37.5. The van der Waals surface area contributed by atoms with E-state index < -0.39 is 18.1 Å². The molecule has 0 heterocycles. The number of hydrogen-bond acceptors (Lipinski definition) is 7. The lowest BCUT2D eigenvalue weighted by Gasteiger charge is -2.34. The highest BCUT2D eigenvalue weighted by molar-refractivity contribution is 5.70. The molecule has 0 aliphatic rings. The summed E-state index contributed by atoms with van der Waals surface area (Å²) < 4.78 is 17.2. The van der Waals surface area contributed by atoms with Crippen LogP contribution in [-0.2, 0) is 28.6 Å². The maximum atomic E-state index is 12.7. The van der Waals surface area contributed by atoms with Gasteiger partial charge in [0, 0.05) is 19.3 Å². The number of hydrogen-bond donors (Lipinski definition) is 0. The van der Waals surface area contributed by atoms with Gasteiger partial charge in [-0.15, -0.1) is 0 Å². The monoisotopic (exact) mass is 802 g/mol. The third-order valence-corrected chi connectivity index (χ3v) is 10.2. The number of rotatable bonds is 41. The standard InChI is InChI=1S/C49H87NO7/c1-6-8-10-12-14-16-18-20-22-23-24-25-26-28-30-32-34-36-38-40-48(52)57-45(43-55-42-41-46(49(53)54)50(3,4)5)44-56-47(51)39-37-35-33-31-29-27-21-19-17-15-13-11-9-7-2/h9,11,15,17,21,23-24,27,45-46H,6-8,10,12-14,16,18-20,22,25-26,28-44H2,1-5H3/b11-9+,17-15+,24-23+,27-21+. The number of carbonyl (C=O) groups excluding carboxylic acids is 3. The Morgan fingerprint density at radius 1 is 0.544 bits per heavy atom. The molecule has 0 aromatic carbocycles. The quantitative estimate of drug-likeness (QED) is 0.0262. The van der Waals surface area contributed by atoms with Crippen molar-refractivity contribution < 1.29 is 38.2 Å². The Bertz CT molecular complexity index is 1070.